The smallest absolute Gasteiger partial charge is 0.216 e. The van der Waals surface area contributed by atoms with Crippen LogP contribution in [0.15, 0.2) is 24.3 Å². The fourth-order valence-electron chi connectivity index (χ4n) is 0.780. The van der Waals surface area contributed by atoms with Gasteiger partial charge in [-0.2, -0.15) is 0 Å². The molecule has 0 bridgehead atoms. The molecule has 0 fully saturated rings. The van der Waals surface area contributed by atoms with Crippen molar-refractivity contribution in [1.82, 2.24) is 0 Å². The van der Waals surface area contributed by atoms with Gasteiger partial charge in [0.15, 0.2) is 0 Å². The van der Waals surface area contributed by atoms with Crippen LogP contribution >= 0.6 is 34.8 Å². The van der Waals surface area contributed by atoms with Gasteiger partial charge in [0.05, 0.1) is 7.11 Å². The number of hydrogen-bond donors (Lipinski definition) is 0. The van der Waals surface area contributed by atoms with Gasteiger partial charge in [-0.3, -0.25) is 0 Å². The van der Waals surface area contributed by atoms with Crippen LogP contribution in [0, 0.1) is 0 Å². The largest absolute Gasteiger partial charge is 0.497 e. The fourth-order valence-corrected chi connectivity index (χ4v) is 1.16. The van der Waals surface area contributed by atoms with E-state index in [9.17, 15) is 0 Å². The molecular weight excluding hydrogens is 218 g/mol. The predicted molar refractivity (Wildman–Crippen MR) is 52.2 cm³/mol. The van der Waals surface area contributed by atoms with Crippen molar-refractivity contribution in [3.63, 3.8) is 0 Å². The average molecular weight is 226 g/mol. The molecule has 0 saturated heterocycles. The molecule has 0 aromatic heterocycles. The van der Waals surface area contributed by atoms with Crippen molar-refractivity contribution >= 4 is 34.8 Å². The van der Waals surface area contributed by atoms with E-state index in [0.717, 1.165) is 5.75 Å². The summed E-state index contributed by atoms with van der Waals surface area (Å²) in [5.74, 6) is 0.744. The van der Waals surface area contributed by atoms with Gasteiger partial charge in [0.1, 0.15) is 5.75 Å². The third kappa shape index (κ3) is 2.44. The third-order valence-corrected chi connectivity index (χ3v) is 2.07. The molecule has 0 amide bonds. The SMILES string of the molecule is COc1ccc(C(Cl)(Cl)Cl)cc1. The molecule has 12 heavy (non-hydrogen) atoms. The van der Waals surface area contributed by atoms with Crippen molar-refractivity contribution in [2.24, 2.45) is 0 Å². The van der Waals surface area contributed by atoms with Gasteiger partial charge >= 0.3 is 0 Å². The summed E-state index contributed by atoms with van der Waals surface area (Å²) in [5, 5.41) is 0. The van der Waals surface area contributed by atoms with Gasteiger partial charge < -0.3 is 4.74 Å². The van der Waals surface area contributed by atoms with Crippen LogP contribution in [0.5, 0.6) is 5.75 Å². The quantitative estimate of drug-likeness (QED) is 0.665. The minimum atomic E-state index is -1.35. The zero-order chi connectivity index (χ0) is 9.19. The standard InChI is InChI=1S/C8H7Cl3O/c1-12-7-4-2-6(3-5-7)8(9,10)11/h2-5H,1H3. The number of halogens is 3. The highest BCUT2D eigenvalue weighted by atomic mass is 35.6. The molecule has 0 radical (unpaired) electrons. The van der Waals surface area contributed by atoms with Crippen molar-refractivity contribution in [3.8, 4) is 5.75 Å². The van der Waals surface area contributed by atoms with E-state index in [4.69, 9.17) is 39.5 Å². The summed E-state index contributed by atoms with van der Waals surface area (Å²) in [6.45, 7) is 0. The molecule has 0 saturated carbocycles. The van der Waals surface area contributed by atoms with Crippen LogP contribution in [0.2, 0.25) is 0 Å². The van der Waals surface area contributed by atoms with Gasteiger partial charge in [0.25, 0.3) is 0 Å². The Hall–Kier alpha value is -0.110. The van der Waals surface area contributed by atoms with Crippen LogP contribution in [-0.2, 0) is 3.79 Å². The van der Waals surface area contributed by atoms with Crippen molar-refractivity contribution in [2.75, 3.05) is 7.11 Å². The number of benzene rings is 1. The third-order valence-electron chi connectivity index (χ3n) is 1.42. The van der Waals surface area contributed by atoms with Crippen LogP contribution in [0.4, 0.5) is 0 Å². The lowest BCUT2D eigenvalue weighted by atomic mass is 10.2. The van der Waals surface area contributed by atoms with E-state index in [-0.39, 0.29) is 0 Å². The molecule has 0 heterocycles. The number of ether oxygens (including phenoxy) is 1. The second kappa shape index (κ2) is 3.73. The van der Waals surface area contributed by atoms with Crippen LogP contribution in [0.1, 0.15) is 5.56 Å². The molecule has 0 aliphatic heterocycles. The van der Waals surface area contributed by atoms with Crippen molar-refractivity contribution < 1.29 is 4.74 Å². The summed E-state index contributed by atoms with van der Waals surface area (Å²) in [6.07, 6.45) is 0. The van der Waals surface area contributed by atoms with E-state index in [1.165, 1.54) is 0 Å². The van der Waals surface area contributed by atoms with Gasteiger partial charge in [-0.05, 0) is 12.1 Å². The van der Waals surface area contributed by atoms with Gasteiger partial charge in [-0.1, -0.05) is 46.9 Å². The Labute approximate surface area is 86.2 Å². The first-order chi connectivity index (χ1) is 5.54. The van der Waals surface area contributed by atoms with E-state index >= 15 is 0 Å². The van der Waals surface area contributed by atoms with E-state index < -0.39 is 3.79 Å². The molecule has 1 aromatic carbocycles. The molecule has 4 heteroatoms. The first-order valence-corrected chi connectivity index (χ1v) is 4.38. The first kappa shape index (κ1) is 9.97. The highest BCUT2D eigenvalue weighted by molar-refractivity contribution is 6.66. The monoisotopic (exact) mass is 224 g/mol. The first-order valence-electron chi connectivity index (χ1n) is 3.25. The van der Waals surface area contributed by atoms with Gasteiger partial charge in [-0.25, -0.2) is 0 Å². The Morgan fingerprint density at radius 3 is 1.92 bits per heavy atom. The summed E-state index contributed by atoms with van der Waals surface area (Å²) in [5.41, 5.74) is 0.633. The number of rotatable bonds is 1. The molecule has 0 spiro atoms. The van der Waals surface area contributed by atoms with Crippen LogP contribution in [0.25, 0.3) is 0 Å². The molecule has 66 valence electrons. The second-order valence-electron chi connectivity index (χ2n) is 2.23. The van der Waals surface area contributed by atoms with E-state index in [0.29, 0.717) is 5.56 Å². The number of hydrogen-bond acceptors (Lipinski definition) is 1. The van der Waals surface area contributed by atoms with Gasteiger partial charge in [0, 0.05) is 5.56 Å². The summed E-state index contributed by atoms with van der Waals surface area (Å²) < 4.78 is 3.60. The van der Waals surface area contributed by atoms with E-state index in [2.05, 4.69) is 0 Å². The zero-order valence-corrected chi connectivity index (χ0v) is 8.62. The van der Waals surface area contributed by atoms with E-state index in [1.54, 1.807) is 31.4 Å². The molecule has 0 N–H and O–H groups in total. The topological polar surface area (TPSA) is 9.23 Å². The van der Waals surface area contributed by atoms with Crippen LogP contribution in [0.3, 0.4) is 0 Å². The van der Waals surface area contributed by atoms with Gasteiger partial charge in [0.2, 0.25) is 3.79 Å². The molecule has 0 atom stereocenters. The zero-order valence-electron chi connectivity index (χ0n) is 6.35. The Balaban J connectivity index is 2.93. The lowest BCUT2D eigenvalue weighted by Gasteiger charge is -2.10. The lowest BCUT2D eigenvalue weighted by Crippen LogP contribution is -1.99. The average Bonchev–Trinajstić information content (AvgIpc) is 2.03. The molecular formula is C8H7Cl3O. The molecule has 0 unspecified atom stereocenters. The maximum Gasteiger partial charge on any atom is 0.216 e. The molecule has 0 aliphatic carbocycles. The van der Waals surface area contributed by atoms with E-state index in [1.807, 2.05) is 0 Å². The molecule has 1 nitrogen and oxygen atoms in total. The summed E-state index contributed by atoms with van der Waals surface area (Å²) in [4.78, 5) is 0. The summed E-state index contributed by atoms with van der Waals surface area (Å²) in [7, 11) is 1.59. The maximum absolute atomic E-state index is 5.64. The van der Waals surface area contributed by atoms with Crippen LogP contribution in [-0.4, -0.2) is 7.11 Å². The Bertz CT molecular complexity index is 250. The summed E-state index contributed by atoms with van der Waals surface area (Å²) >= 11 is 16.9. The highest BCUT2D eigenvalue weighted by Crippen LogP contribution is 2.38. The lowest BCUT2D eigenvalue weighted by molar-refractivity contribution is 0.414. The number of alkyl halides is 3. The molecule has 1 rings (SSSR count). The minimum absolute atomic E-state index is 0.633. The maximum atomic E-state index is 5.64. The fraction of sp³-hybridized carbons (Fsp3) is 0.250. The minimum Gasteiger partial charge on any atom is -0.497 e. The highest BCUT2D eigenvalue weighted by Gasteiger charge is 2.21. The second-order valence-corrected chi connectivity index (χ2v) is 4.51. The van der Waals surface area contributed by atoms with Crippen LogP contribution < -0.4 is 4.74 Å². The molecule has 0 aliphatic rings. The summed E-state index contributed by atoms with van der Waals surface area (Å²) in [6, 6.07) is 6.92. The Kier molecular flexibility index (Phi) is 3.10. The van der Waals surface area contributed by atoms with Gasteiger partial charge in [-0.15, -0.1) is 0 Å². The molecule has 1 aromatic rings. The Morgan fingerprint density at radius 1 is 1.08 bits per heavy atom. The van der Waals surface area contributed by atoms with Crippen molar-refractivity contribution in [2.45, 2.75) is 3.79 Å². The Morgan fingerprint density at radius 2 is 1.58 bits per heavy atom. The normalized spacial score (nSPS) is 11.3. The predicted octanol–water partition coefficient (Wildman–Crippen LogP) is 3.52. The van der Waals surface area contributed by atoms with Crippen molar-refractivity contribution in [3.05, 3.63) is 29.8 Å². The number of methoxy groups -OCH3 is 1. The van der Waals surface area contributed by atoms with Crippen molar-refractivity contribution in [1.29, 1.82) is 0 Å².